The molecule has 0 amide bonds. The van der Waals surface area contributed by atoms with Gasteiger partial charge in [0.05, 0.1) is 13.2 Å². The van der Waals surface area contributed by atoms with Crippen LogP contribution in [-0.2, 0) is 32.7 Å². The van der Waals surface area contributed by atoms with Crippen molar-refractivity contribution in [3.63, 3.8) is 0 Å². The summed E-state index contributed by atoms with van der Waals surface area (Å²) in [6.07, 6.45) is 110. The molecule has 552 valence electrons. The van der Waals surface area contributed by atoms with Gasteiger partial charge in [-0.1, -0.05) is 387 Å². The second-order valence-electron chi connectivity index (χ2n) is 27.3. The molecule has 0 aromatic heterocycles. The van der Waals surface area contributed by atoms with E-state index >= 15 is 0 Å². The lowest BCUT2D eigenvalue weighted by molar-refractivity contribution is -0.161. The molecule has 0 aromatic carbocycles. The first-order valence-electron chi connectivity index (χ1n) is 40.7. The summed E-state index contributed by atoms with van der Waals surface area (Å²) < 4.78 is 33.3. The van der Waals surface area contributed by atoms with Gasteiger partial charge in [0, 0.05) is 19.4 Å². The van der Waals surface area contributed by atoms with Crippen molar-refractivity contribution in [1.29, 1.82) is 0 Å². The lowest BCUT2D eigenvalue weighted by Crippen LogP contribution is -2.29. The molecule has 2 atom stereocenters. The van der Waals surface area contributed by atoms with Gasteiger partial charge in [0.15, 0.2) is 6.10 Å². The van der Waals surface area contributed by atoms with E-state index in [9.17, 15) is 19.0 Å². The number of ether oxygens (including phenoxy) is 2. The summed E-state index contributed by atoms with van der Waals surface area (Å²) in [6.45, 7) is 3.68. The smallest absolute Gasteiger partial charge is 0.462 e. The highest BCUT2D eigenvalue weighted by Crippen LogP contribution is 2.43. The van der Waals surface area contributed by atoms with Crippen LogP contribution in [0.1, 0.15) is 399 Å². The fraction of sp³-hybridized carbons (Fsp3) is 0.788. The molecule has 0 radical (unpaired) electrons. The third-order valence-electron chi connectivity index (χ3n) is 18.0. The van der Waals surface area contributed by atoms with Crippen molar-refractivity contribution in [2.45, 2.75) is 405 Å². The number of allylic oxidation sites excluding steroid dienone is 16. The summed E-state index contributed by atoms with van der Waals surface area (Å²) in [5, 5.41) is 0. The van der Waals surface area contributed by atoms with E-state index in [2.05, 4.69) is 111 Å². The van der Waals surface area contributed by atoms with Crippen LogP contribution < -0.4 is 5.73 Å². The summed E-state index contributed by atoms with van der Waals surface area (Å²) >= 11 is 0. The fourth-order valence-electron chi connectivity index (χ4n) is 12.0. The highest BCUT2D eigenvalue weighted by molar-refractivity contribution is 7.47. The number of carbonyl (C=O) groups is 2. The van der Waals surface area contributed by atoms with Gasteiger partial charge in [-0.05, 0) is 96.3 Å². The van der Waals surface area contributed by atoms with E-state index in [1.165, 1.54) is 283 Å². The minimum absolute atomic E-state index is 0.0534. The second kappa shape index (κ2) is 79.9. The van der Waals surface area contributed by atoms with Crippen LogP contribution >= 0.6 is 7.82 Å². The van der Waals surface area contributed by atoms with Gasteiger partial charge in [0.25, 0.3) is 0 Å². The normalized spacial score (nSPS) is 13.3. The lowest BCUT2D eigenvalue weighted by atomic mass is 10.0. The quantitative estimate of drug-likeness (QED) is 0.0264. The summed E-state index contributed by atoms with van der Waals surface area (Å²) in [5.74, 6) is -0.809. The van der Waals surface area contributed by atoms with Gasteiger partial charge in [0.2, 0.25) is 0 Å². The van der Waals surface area contributed by atoms with Gasteiger partial charge in [-0.3, -0.25) is 18.6 Å². The number of unbranched alkanes of at least 4 members (excludes halogenated alkanes) is 48. The van der Waals surface area contributed by atoms with Crippen LogP contribution in [0.4, 0.5) is 0 Å². The molecule has 0 saturated carbocycles. The van der Waals surface area contributed by atoms with Crippen LogP contribution in [0.5, 0.6) is 0 Å². The molecule has 0 rings (SSSR count). The lowest BCUT2D eigenvalue weighted by Gasteiger charge is -2.19. The zero-order valence-electron chi connectivity index (χ0n) is 62.4. The molecule has 0 saturated heterocycles. The summed E-state index contributed by atoms with van der Waals surface area (Å²) in [6, 6.07) is 0. The maximum Gasteiger partial charge on any atom is 0.472 e. The van der Waals surface area contributed by atoms with Gasteiger partial charge in [0.1, 0.15) is 6.61 Å². The van der Waals surface area contributed by atoms with Crippen molar-refractivity contribution in [2.24, 2.45) is 5.73 Å². The van der Waals surface area contributed by atoms with Gasteiger partial charge in [-0.15, -0.1) is 0 Å². The van der Waals surface area contributed by atoms with Crippen molar-refractivity contribution in [3.05, 3.63) is 97.2 Å². The minimum atomic E-state index is -4.40. The first-order chi connectivity index (χ1) is 46.8. The zero-order valence-corrected chi connectivity index (χ0v) is 63.3. The maximum atomic E-state index is 12.8. The number of rotatable bonds is 77. The van der Waals surface area contributed by atoms with Crippen molar-refractivity contribution >= 4 is 19.8 Å². The van der Waals surface area contributed by atoms with Crippen molar-refractivity contribution < 1.29 is 37.6 Å². The summed E-state index contributed by atoms with van der Waals surface area (Å²) in [7, 11) is -4.40. The Morgan fingerprint density at radius 2 is 0.579 bits per heavy atom. The van der Waals surface area contributed by atoms with E-state index < -0.39 is 26.5 Å². The van der Waals surface area contributed by atoms with Crippen LogP contribution in [0.2, 0.25) is 0 Å². The number of carbonyl (C=O) groups excluding carboxylic acids is 2. The van der Waals surface area contributed by atoms with Crippen LogP contribution in [0.25, 0.3) is 0 Å². The molecular weight excluding hydrogens is 1190 g/mol. The Kier molecular flexibility index (Phi) is 77.3. The molecule has 0 aliphatic carbocycles. The molecule has 0 aromatic rings. The van der Waals surface area contributed by atoms with Gasteiger partial charge in [-0.25, -0.2) is 4.57 Å². The Hall–Kier alpha value is -3.07. The van der Waals surface area contributed by atoms with Crippen LogP contribution in [0, 0.1) is 0 Å². The molecule has 0 aliphatic rings. The Labute approximate surface area is 588 Å². The molecule has 9 nitrogen and oxygen atoms in total. The Morgan fingerprint density at radius 3 is 0.863 bits per heavy atom. The topological polar surface area (TPSA) is 134 Å². The predicted octanol–water partition coefficient (Wildman–Crippen LogP) is 27.4. The van der Waals surface area contributed by atoms with Crippen LogP contribution in [0.3, 0.4) is 0 Å². The average Bonchev–Trinajstić information content (AvgIpc) is 2.64. The highest BCUT2D eigenvalue weighted by Gasteiger charge is 2.26. The fourth-order valence-corrected chi connectivity index (χ4v) is 12.7. The molecule has 0 aliphatic heterocycles. The number of esters is 2. The van der Waals surface area contributed by atoms with Crippen LogP contribution in [-0.4, -0.2) is 49.3 Å². The third-order valence-corrected chi connectivity index (χ3v) is 18.9. The minimum Gasteiger partial charge on any atom is -0.462 e. The zero-order chi connectivity index (χ0) is 68.6. The molecule has 0 heterocycles. The molecule has 0 spiro atoms. The van der Waals surface area contributed by atoms with Gasteiger partial charge < -0.3 is 20.1 Å². The molecule has 3 N–H and O–H groups in total. The summed E-state index contributed by atoms with van der Waals surface area (Å²) in [4.78, 5) is 35.5. The van der Waals surface area contributed by atoms with Crippen molar-refractivity contribution in [3.8, 4) is 0 Å². The SMILES string of the molecule is CC/C=C\C/C=C\C/C=C\C/C=C\C/C=C\C/C=C\CCCCCCCCCCCCCCCCCCCCC(=O)OC(COC(=O)CCCCCCCCCCCCCCCCCCCCCCCCCCC/C=C\C/C=C\CCCCCCC)COP(=O)(O)OCCN. The Morgan fingerprint density at radius 1 is 0.326 bits per heavy atom. The number of nitrogens with two attached hydrogens (primary N) is 1. The van der Waals surface area contributed by atoms with Crippen molar-refractivity contribution in [2.75, 3.05) is 26.4 Å². The molecule has 95 heavy (non-hydrogen) atoms. The third kappa shape index (κ3) is 79.8. The molecule has 0 bridgehead atoms. The predicted molar refractivity (Wildman–Crippen MR) is 413 cm³/mol. The van der Waals surface area contributed by atoms with Gasteiger partial charge >= 0.3 is 19.8 Å². The maximum absolute atomic E-state index is 12.8. The van der Waals surface area contributed by atoms with E-state index in [1.807, 2.05) is 0 Å². The van der Waals surface area contributed by atoms with E-state index in [-0.39, 0.29) is 38.6 Å². The number of hydrogen-bond acceptors (Lipinski definition) is 8. The van der Waals surface area contributed by atoms with Crippen LogP contribution in [0.15, 0.2) is 97.2 Å². The first kappa shape index (κ1) is 91.9. The molecular formula is C85H154NO8P. The monoisotopic (exact) mass is 1350 g/mol. The van der Waals surface area contributed by atoms with Gasteiger partial charge in [-0.2, -0.15) is 0 Å². The van der Waals surface area contributed by atoms with E-state index in [0.717, 1.165) is 83.5 Å². The van der Waals surface area contributed by atoms with E-state index in [4.69, 9.17) is 24.3 Å². The standard InChI is InChI=1S/C85H154NO8P/c1-3-5-7-9-11-13-15-17-19-21-23-25-27-29-31-33-35-37-39-41-43-45-47-49-51-53-55-57-59-61-63-65-67-69-71-73-75-77-84(87)91-81-83(82-93-95(89,90)92-80-79-86)94-85(88)78-76-74-72-70-68-66-64-62-60-58-56-54-52-50-48-46-44-42-40-38-36-34-32-30-28-26-24-22-20-18-16-14-12-10-8-6-4-2/h6,8,12,14-15,17-18,20-21,23-24,26,30,32,36,38,83H,3-5,7,9-11,13,16,19,22,25,27-29,31,33-35,37,39-82,86H2,1-2H3,(H,89,90)/b8-6-,14-12-,17-15-,20-18-,23-21-,26-24-,32-30-,38-36-. The van der Waals surface area contributed by atoms with E-state index in [1.54, 1.807) is 0 Å². The number of phosphoric ester groups is 1. The second-order valence-corrected chi connectivity index (χ2v) is 28.7. The Bertz CT molecular complexity index is 1890. The Balaban J connectivity index is 3.77. The largest absolute Gasteiger partial charge is 0.472 e. The molecule has 0 fully saturated rings. The first-order valence-corrected chi connectivity index (χ1v) is 42.2. The van der Waals surface area contributed by atoms with Crippen molar-refractivity contribution in [1.82, 2.24) is 0 Å². The summed E-state index contributed by atoms with van der Waals surface area (Å²) in [5.41, 5.74) is 5.42. The average molecular weight is 1350 g/mol. The molecule has 10 heteroatoms. The van der Waals surface area contributed by atoms with E-state index in [0.29, 0.717) is 6.42 Å². The highest BCUT2D eigenvalue weighted by atomic mass is 31.2. The molecule has 2 unspecified atom stereocenters. The number of phosphoric acid groups is 1. The number of hydrogen-bond donors (Lipinski definition) is 2.